The molecule has 0 radical (unpaired) electrons. The Morgan fingerprint density at radius 3 is 2.53 bits per heavy atom. The smallest absolute Gasteiger partial charge is 0.131 e. The van der Waals surface area contributed by atoms with E-state index in [1.165, 1.54) is 5.56 Å². The number of rotatable bonds is 4. The van der Waals surface area contributed by atoms with Crippen molar-refractivity contribution in [1.82, 2.24) is 0 Å². The molecule has 0 amide bonds. The zero-order valence-electron chi connectivity index (χ0n) is 10.5. The van der Waals surface area contributed by atoms with Crippen LogP contribution in [-0.2, 0) is 6.61 Å². The fourth-order valence-electron chi connectivity index (χ4n) is 1.71. The van der Waals surface area contributed by atoms with Crippen LogP contribution in [0.5, 0.6) is 5.75 Å². The van der Waals surface area contributed by atoms with Crippen molar-refractivity contribution >= 4 is 28.8 Å². The number of halogens is 1. The summed E-state index contributed by atoms with van der Waals surface area (Å²) in [6.07, 6.45) is 0. The van der Waals surface area contributed by atoms with E-state index in [-0.39, 0.29) is 4.99 Å². The lowest BCUT2D eigenvalue weighted by Gasteiger charge is -2.12. The molecule has 0 unspecified atom stereocenters. The van der Waals surface area contributed by atoms with Crippen LogP contribution in [0, 0.1) is 6.92 Å². The topological polar surface area (TPSA) is 35.2 Å². The fourth-order valence-corrected chi connectivity index (χ4v) is 2.24. The van der Waals surface area contributed by atoms with Gasteiger partial charge in [0.25, 0.3) is 0 Å². The number of hydrogen-bond acceptors (Lipinski definition) is 2. The van der Waals surface area contributed by atoms with Crippen molar-refractivity contribution in [3.8, 4) is 5.75 Å². The van der Waals surface area contributed by atoms with Crippen LogP contribution in [0.1, 0.15) is 16.7 Å². The Kier molecular flexibility index (Phi) is 4.40. The largest absolute Gasteiger partial charge is 0.488 e. The fraction of sp³-hybridized carbons (Fsp3) is 0.133. The van der Waals surface area contributed by atoms with E-state index in [0.717, 1.165) is 5.56 Å². The van der Waals surface area contributed by atoms with Gasteiger partial charge in [-0.05, 0) is 24.6 Å². The molecule has 0 saturated heterocycles. The van der Waals surface area contributed by atoms with Crippen molar-refractivity contribution in [3.05, 3.63) is 64.2 Å². The van der Waals surface area contributed by atoms with Crippen LogP contribution in [0.4, 0.5) is 0 Å². The van der Waals surface area contributed by atoms with Gasteiger partial charge in [0.2, 0.25) is 0 Å². The van der Waals surface area contributed by atoms with E-state index in [4.69, 9.17) is 34.3 Å². The molecule has 0 bridgehead atoms. The molecule has 0 fully saturated rings. The molecule has 0 aliphatic rings. The maximum atomic E-state index is 6.08. The summed E-state index contributed by atoms with van der Waals surface area (Å²) in [5, 5.41) is 0.508. The summed E-state index contributed by atoms with van der Waals surface area (Å²) in [7, 11) is 0. The lowest BCUT2D eigenvalue weighted by atomic mass is 10.1. The lowest BCUT2D eigenvalue weighted by Crippen LogP contribution is -2.12. The van der Waals surface area contributed by atoms with Crippen LogP contribution in [0.15, 0.2) is 42.5 Å². The average molecular weight is 292 g/mol. The second-order valence-electron chi connectivity index (χ2n) is 4.25. The minimum atomic E-state index is 0.240. The number of benzene rings is 2. The molecule has 0 atom stereocenters. The molecule has 2 aromatic carbocycles. The van der Waals surface area contributed by atoms with Crippen molar-refractivity contribution in [2.75, 3.05) is 0 Å². The molecule has 2 rings (SSSR count). The molecule has 2 nitrogen and oxygen atoms in total. The van der Waals surface area contributed by atoms with E-state index < -0.39 is 0 Å². The normalized spacial score (nSPS) is 10.2. The van der Waals surface area contributed by atoms with E-state index in [1.807, 2.05) is 43.3 Å². The summed E-state index contributed by atoms with van der Waals surface area (Å²) in [5.74, 6) is 0.612. The Labute approximate surface area is 123 Å². The molecule has 0 heterocycles. The first-order valence-corrected chi connectivity index (χ1v) is 6.63. The maximum absolute atomic E-state index is 6.08. The third-order valence-corrected chi connectivity index (χ3v) is 3.26. The van der Waals surface area contributed by atoms with Gasteiger partial charge in [0.05, 0.1) is 10.6 Å². The summed E-state index contributed by atoms with van der Waals surface area (Å²) in [5.41, 5.74) is 8.56. The van der Waals surface area contributed by atoms with Gasteiger partial charge in [0.15, 0.2) is 0 Å². The van der Waals surface area contributed by atoms with Crippen LogP contribution in [0.3, 0.4) is 0 Å². The lowest BCUT2D eigenvalue weighted by molar-refractivity contribution is 0.305. The monoisotopic (exact) mass is 291 g/mol. The SMILES string of the molecule is Cc1ccc(COc2cccc(Cl)c2C(N)=S)cc1. The molecule has 0 aliphatic heterocycles. The van der Waals surface area contributed by atoms with Gasteiger partial charge in [-0.3, -0.25) is 0 Å². The van der Waals surface area contributed by atoms with Gasteiger partial charge in [-0.25, -0.2) is 0 Å². The Morgan fingerprint density at radius 2 is 1.89 bits per heavy atom. The summed E-state index contributed by atoms with van der Waals surface area (Å²) < 4.78 is 5.75. The van der Waals surface area contributed by atoms with Crippen LogP contribution < -0.4 is 10.5 Å². The van der Waals surface area contributed by atoms with Gasteiger partial charge >= 0.3 is 0 Å². The van der Waals surface area contributed by atoms with Gasteiger partial charge in [-0.1, -0.05) is 59.7 Å². The third-order valence-electron chi connectivity index (χ3n) is 2.74. The van der Waals surface area contributed by atoms with Crippen LogP contribution in [-0.4, -0.2) is 4.99 Å². The van der Waals surface area contributed by atoms with Crippen LogP contribution in [0.2, 0.25) is 5.02 Å². The minimum Gasteiger partial charge on any atom is -0.488 e. The third kappa shape index (κ3) is 3.46. The maximum Gasteiger partial charge on any atom is 0.131 e. The number of ether oxygens (including phenoxy) is 1. The number of aryl methyl sites for hydroxylation is 1. The molecule has 98 valence electrons. The molecule has 0 aliphatic carbocycles. The molecule has 0 aromatic heterocycles. The van der Waals surface area contributed by atoms with Crippen molar-refractivity contribution in [2.24, 2.45) is 5.73 Å². The molecule has 19 heavy (non-hydrogen) atoms. The van der Waals surface area contributed by atoms with Crippen LogP contribution in [0.25, 0.3) is 0 Å². The predicted molar refractivity (Wildman–Crippen MR) is 82.9 cm³/mol. The van der Waals surface area contributed by atoms with Gasteiger partial charge in [0, 0.05) is 0 Å². The van der Waals surface area contributed by atoms with Crippen molar-refractivity contribution < 1.29 is 4.74 Å². The zero-order valence-corrected chi connectivity index (χ0v) is 12.1. The highest BCUT2D eigenvalue weighted by Crippen LogP contribution is 2.27. The summed E-state index contributed by atoms with van der Waals surface area (Å²) in [4.78, 5) is 0.240. The molecular formula is C15H14ClNOS. The second kappa shape index (κ2) is 6.04. The van der Waals surface area contributed by atoms with Crippen LogP contribution >= 0.6 is 23.8 Å². The van der Waals surface area contributed by atoms with Crippen molar-refractivity contribution in [2.45, 2.75) is 13.5 Å². The Hall–Kier alpha value is -1.58. The Morgan fingerprint density at radius 1 is 1.21 bits per heavy atom. The van der Waals surface area contributed by atoms with Crippen molar-refractivity contribution in [1.29, 1.82) is 0 Å². The number of thiocarbonyl (C=S) groups is 1. The first kappa shape index (κ1) is 13.8. The summed E-state index contributed by atoms with van der Waals surface area (Å²) >= 11 is 11.1. The molecule has 4 heteroatoms. The Balaban J connectivity index is 2.18. The standard InChI is InChI=1S/C15H14ClNOS/c1-10-5-7-11(8-6-10)9-18-13-4-2-3-12(16)14(13)15(17)19/h2-8H,9H2,1H3,(H2,17,19). The number of hydrogen-bond donors (Lipinski definition) is 1. The van der Waals surface area contributed by atoms with E-state index in [9.17, 15) is 0 Å². The molecule has 0 spiro atoms. The predicted octanol–water partition coefficient (Wildman–Crippen LogP) is 3.86. The highest BCUT2D eigenvalue weighted by atomic mass is 35.5. The molecule has 2 aromatic rings. The van der Waals surface area contributed by atoms with Crippen molar-refractivity contribution in [3.63, 3.8) is 0 Å². The second-order valence-corrected chi connectivity index (χ2v) is 5.10. The van der Waals surface area contributed by atoms with Gasteiger partial charge in [0.1, 0.15) is 17.3 Å². The number of nitrogens with two attached hydrogens (primary N) is 1. The zero-order chi connectivity index (χ0) is 13.8. The van der Waals surface area contributed by atoms with Gasteiger partial charge < -0.3 is 10.5 Å². The molecular weight excluding hydrogens is 278 g/mol. The van der Waals surface area contributed by atoms with Gasteiger partial charge in [-0.2, -0.15) is 0 Å². The first-order chi connectivity index (χ1) is 9.08. The summed E-state index contributed by atoms with van der Waals surface area (Å²) in [6, 6.07) is 13.5. The first-order valence-electron chi connectivity index (χ1n) is 5.84. The van der Waals surface area contributed by atoms with E-state index >= 15 is 0 Å². The highest BCUT2D eigenvalue weighted by molar-refractivity contribution is 7.80. The van der Waals surface area contributed by atoms with E-state index in [2.05, 4.69) is 0 Å². The highest BCUT2D eigenvalue weighted by Gasteiger charge is 2.10. The molecule has 0 saturated carbocycles. The molecule has 2 N–H and O–H groups in total. The average Bonchev–Trinajstić information content (AvgIpc) is 2.37. The van der Waals surface area contributed by atoms with E-state index in [0.29, 0.717) is 22.9 Å². The quantitative estimate of drug-likeness (QED) is 0.869. The van der Waals surface area contributed by atoms with E-state index in [1.54, 1.807) is 6.07 Å². The summed E-state index contributed by atoms with van der Waals surface area (Å²) in [6.45, 7) is 2.50. The minimum absolute atomic E-state index is 0.240. The Bertz CT molecular complexity index is 596. The van der Waals surface area contributed by atoms with Gasteiger partial charge in [-0.15, -0.1) is 0 Å².